The van der Waals surface area contributed by atoms with E-state index in [0.29, 0.717) is 12.2 Å². The molecular formula is C6H13NO2S. The Kier molecular flexibility index (Phi) is 3.02. The summed E-state index contributed by atoms with van der Waals surface area (Å²) in [5.41, 5.74) is 0. The van der Waals surface area contributed by atoms with Gasteiger partial charge in [-0.25, -0.2) is 0 Å². The van der Waals surface area contributed by atoms with E-state index >= 15 is 0 Å². The Morgan fingerprint density at radius 3 is 3.10 bits per heavy atom. The van der Waals surface area contributed by atoms with E-state index in [1.54, 1.807) is 0 Å². The van der Waals surface area contributed by atoms with E-state index in [-0.39, 0.29) is 0 Å². The molecule has 2 N–H and O–H groups in total. The van der Waals surface area contributed by atoms with Gasteiger partial charge in [0.05, 0.1) is 0 Å². The van der Waals surface area contributed by atoms with Crippen LogP contribution in [-0.2, 0) is 4.79 Å². The highest BCUT2D eigenvalue weighted by Gasteiger charge is 2.12. The van der Waals surface area contributed by atoms with Crippen LogP contribution in [0.1, 0.15) is 10.5 Å². The molecule has 0 fully saturated rings. The van der Waals surface area contributed by atoms with Crippen LogP contribution in [-0.4, -0.2) is 36.1 Å². The zero-order chi connectivity index (χ0) is 10.5. The molecule has 0 radical (unpaired) electrons. The Morgan fingerprint density at radius 1 is 2.00 bits per heavy atom. The van der Waals surface area contributed by atoms with Crippen molar-refractivity contribution in [3.8, 4) is 0 Å². The van der Waals surface area contributed by atoms with Crippen LogP contribution >= 0.6 is 11.8 Å². The second-order valence-corrected chi connectivity index (χ2v) is 2.80. The molecule has 0 aromatic heterocycles. The van der Waals surface area contributed by atoms with Gasteiger partial charge in [-0.1, -0.05) is 0 Å². The number of carbonyl (C=O) groups is 1. The highest BCUT2D eigenvalue weighted by Crippen LogP contribution is 1.99. The zero-order valence-electron chi connectivity index (χ0n) is 8.76. The highest BCUT2D eigenvalue weighted by molar-refractivity contribution is 7.98. The van der Waals surface area contributed by atoms with Gasteiger partial charge in [0.25, 0.3) is 0 Å². The van der Waals surface area contributed by atoms with Crippen molar-refractivity contribution in [1.82, 2.24) is 5.32 Å². The third-order valence-electron chi connectivity index (χ3n) is 1.08. The Hall–Kier alpha value is -0.220. The summed E-state index contributed by atoms with van der Waals surface area (Å²) in [5, 5.41) is 10.7. The van der Waals surface area contributed by atoms with Crippen molar-refractivity contribution in [1.29, 1.82) is 0 Å². The smallest absolute Gasteiger partial charge is 0.320 e. The van der Waals surface area contributed by atoms with Gasteiger partial charge < -0.3 is 10.4 Å². The number of carboxylic acids is 1. The lowest BCUT2D eigenvalue weighted by atomic mass is 10.2. The summed E-state index contributed by atoms with van der Waals surface area (Å²) in [6.07, 6.45) is 2.16. The minimum atomic E-state index is -2.39. The average molecular weight is 166 g/mol. The second kappa shape index (κ2) is 5.56. The predicted molar refractivity (Wildman–Crippen MR) is 43.5 cm³/mol. The fourth-order valence-electron chi connectivity index (χ4n) is 0.493. The SMILES string of the molecule is [2H]C([2H])([2H])N[C@@H](CCSC)C(=O)O. The fraction of sp³-hybridized carbons (Fsp3) is 0.833. The van der Waals surface area contributed by atoms with Crippen molar-refractivity contribution in [2.24, 2.45) is 0 Å². The summed E-state index contributed by atoms with van der Waals surface area (Å²) < 4.78 is 20.5. The van der Waals surface area contributed by atoms with Crippen LogP contribution in [0.5, 0.6) is 0 Å². The third kappa shape index (κ3) is 3.74. The van der Waals surface area contributed by atoms with Gasteiger partial charge >= 0.3 is 5.97 Å². The molecule has 0 unspecified atom stereocenters. The first-order chi connectivity index (χ1) is 5.87. The number of hydrogen-bond donors (Lipinski definition) is 2. The number of hydrogen-bond acceptors (Lipinski definition) is 3. The summed E-state index contributed by atoms with van der Waals surface area (Å²) in [5.74, 6) is -0.495. The normalized spacial score (nSPS) is 18.7. The molecule has 60 valence electrons. The quantitative estimate of drug-likeness (QED) is 0.621. The molecule has 0 aromatic carbocycles. The molecule has 0 aliphatic heterocycles. The lowest BCUT2D eigenvalue weighted by molar-refractivity contribution is -0.139. The van der Waals surface area contributed by atoms with Gasteiger partial charge in [-0.15, -0.1) is 0 Å². The van der Waals surface area contributed by atoms with Crippen LogP contribution in [0.15, 0.2) is 0 Å². The molecule has 0 rings (SSSR count). The summed E-state index contributed by atoms with van der Waals surface area (Å²) in [6, 6.07) is -0.986. The van der Waals surface area contributed by atoms with Crippen molar-refractivity contribution in [3.63, 3.8) is 0 Å². The first kappa shape index (κ1) is 5.43. The van der Waals surface area contributed by atoms with E-state index < -0.39 is 19.0 Å². The van der Waals surface area contributed by atoms with Gasteiger partial charge in [0, 0.05) is 4.11 Å². The van der Waals surface area contributed by atoms with Crippen LogP contribution in [0, 0.1) is 0 Å². The predicted octanol–water partition coefficient (Wildman–Crippen LogP) is 0.412. The maximum absolute atomic E-state index is 10.6. The molecule has 0 spiro atoms. The van der Waals surface area contributed by atoms with Gasteiger partial charge in [-0.2, -0.15) is 11.8 Å². The first-order valence-corrected chi connectivity index (χ1v) is 4.25. The zero-order valence-corrected chi connectivity index (χ0v) is 6.57. The number of rotatable bonds is 5. The number of aliphatic carboxylic acids is 1. The largest absolute Gasteiger partial charge is 0.480 e. The summed E-state index contributed by atoms with van der Waals surface area (Å²) in [6.45, 7) is -2.39. The van der Waals surface area contributed by atoms with Crippen molar-refractivity contribution in [3.05, 3.63) is 0 Å². The lowest BCUT2D eigenvalue weighted by Crippen LogP contribution is -2.34. The van der Waals surface area contributed by atoms with Gasteiger partial charge in [0.1, 0.15) is 6.04 Å². The first-order valence-electron chi connectivity index (χ1n) is 4.36. The van der Waals surface area contributed by atoms with Gasteiger partial charge in [-0.3, -0.25) is 4.79 Å². The van der Waals surface area contributed by atoms with Gasteiger partial charge in [0.15, 0.2) is 0 Å². The van der Waals surface area contributed by atoms with E-state index in [9.17, 15) is 4.79 Å². The third-order valence-corrected chi connectivity index (χ3v) is 1.73. The number of nitrogens with one attached hydrogen (secondary N) is 1. The van der Waals surface area contributed by atoms with E-state index in [1.807, 2.05) is 6.26 Å². The van der Waals surface area contributed by atoms with Gasteiger partial charge in [0.2, 0.25) is 0 Å². The second-order valence-electron chi connectivity index (χ2n) is 1.82. The van der Waals surface area contributed by atoms with Crippen LogP contribution in [0.4, 0.5) is 0 Å². The van der Waals surface area contributed by atoms with E-state index in [0.717, 1.165) is 0 Å². The van der Waals surface area contributed by atoms with E-state index in [2.05, 4.69) is 5.32 Å². The summed E-state index contributed by atoms with van der Waals surface area (Å²) in [4.78, 5) is 10.6. The van der Waals surface area contributed by atoms with Crippen molar-refractivity contribution in [2.45, 2.75) is 12.5 Å². The van der Waals surface area contributed by atoms with Crippen LogP contribution < -0.4 is 5.32 Å². The Labute approximate surface area is 69.4 Å². The molecule has 0 aromatic rings. The molecule has 0 amide bonds. The minimum absolute atomic E-state index is 0.314. The monoisotopic (exact) mass is 166 g/mol. The van der Waals surface area contributed by atoms with Crippen molar-refractivity contribution < 1.29 is 14.0 Å². The number of thioether (sulfide) groups is 1. The molecule has 0 saturated heterocycles. The number of carboxylic acid groups (broad SMARTS) is 1. The fourth-order valence-corrected chi connectivity index (χ4v) is 0.964. The molecule has 0 heterocycles. The van der Waals surface area contributed by atoms with Crippen LogP contribution in [0.3, 0.4) is 0 Å². The molecule has 4 heteroatoms. The number of likely N-dealkylation sites (N-methyl/N-ethyl adjacent to an activating group) is 1. The summed E-state index contributed by atoms with van der Waals surface area (Å²) in [7, 11) is 0. The Morgan fingerprint density at radius 2 is 2.70 bits per heavy atom. The standard InChI is InChI=1S/C6H13NO2S/c1-7-5(6(8)9)3-4-10-2/h5,7H,3-4H2,1-2H3,(H,8,9)/t5-/m0/s1/i1D3. The minimum Gasteiger partial charge on any atom is -0.480 e. The molecule has 0 aliphatic rings. The van der Waals surface area contributed by atoms with E-state index in [1.165, 1.54) is 11.8 Å². The molecule has 3 nitrogen and oxygen atoms in total. The van der Waals surface area contributed by atoms with E-state index in [4.69, 9.17) is 9.22 Å². The average Bonchev–Trinajstić information content (AvgIpc) is 1.95. The van der Waals surface area contributed by atoms with Crippen LogP contribution in [0.2, 0.25) is 0 Å². The van der Waals surface area contributed by atoms with Gasteiger partial charge in [-0.05, 0) is 25.4 Å². The van der Waals surface area contributed by atoms with Crippen molar-refractivity contribution >= 4 is 17.7 Å². The summed E-state index contributed by atoms with van der Waals surface area (Å²) >= 11 is 1.49. The molecule has 10 heavy (non-hydrogen) atoms. The highest BCUT2D eigenvalue weighted by atomic mass is 32.2. The molecule has 0 bridgehead atoms. The van der Waals surface area contributed by atoms with Crippen LogP contribution in [0.25, 0.3) is 0 Å². The molecule has 1 atom stereocenters. The molecule has 0 aliphatic carbocycles. The maximum atomic E-state index is 10.6. The Bertz CT molecular complexity index is 174. The lowest BCUT2D eigenvalue weighted by Gasteiger charge is -2.08. The molecule has 0 saturated carbocycles. The van der Waals surface area contributed by atoms with Crippen molar-refractivity contribution in [2.75, 3.05) is 19.0 Å². The topological polar surface area (TPSA) is 49.3 Å². The maximum Gasteiger partial charge on any atom is 0.320 e. The Balaban J connectivity index is 4.03. The molecular weight excluding hydrogens is 150 g/mol.